The monoisotopic (exact) mass is 464 g/mol. The summed E-state index contributed by atoms with van der Waals surface area (Å²) in [6, 6.07) is 7.95. The van der Waals surface area contributed by atoms with E-state index in [1.165, 1.54) is 42.6 Å². The van der Waals surface area contributed by atoms with Crippen molar-refractivity contribution in [1.82, 2.24) is 14.8 Å². The lowest BCUT2D eigenvalue weighted by atomic mass is 9.99. The Bertz CT molecular complexity index is 1200. The lowest BCUT2D eigenvalue weighted by molar-refractivity contribution is 0.0631. The number of amides is 3. The summed E-state index contributed by atoms with van der Waals surface area (Å²) in [5.41, 5.74) is 1.75. The van der Waals surface area contributed by atoms with Crippen molar-refractivity contribution in [1.29, 1.82) is 0 Å². The van der Waals surface area contributed by atoms with Crippen LogP contribution in [0.1, 0.15) is 62.3 Å². The fourth-order valence-corrected chi connectivity index (χ4v) is 4.89. The Morgan fingerprint density at radius 1 is 1.15 bits per heavy atom. The summed E-state index contributed by atoms with van der Waals surface area (Å²) >= 11 is 1.38. The lowest BCUT2D eigenvalue weighted by Crippen LogP contribution is -2.32. The van der Waals surface area contributed by atoms with Crippen LogP contribution in [-0.2, 0) is 13.1 Å². The molecule has 1 fully saturated rings. The highest BCUT2D eigenvalue weighted by Crippen LogP contribution is 2.27. The molecule has 33 heavy (non-hydrogen) atoms. The van der Waals surface area contributed by atoms with E-state index in [9.17, 15) is 14.4 Å². The van der Waals surface area contributed by atoms with Gasteiger partial charge in [0.05, 0.1) is 29.6 Å². The summed E-state index contributed by atoms with van der Waals surface area (Å²) in [4.78, 5) is 46.3. The van der Waals surface area contributed by atoms with Gasteiger partial charge >= 0.3 is 0 Å². The number of benzene rings is 1. The van der Waals surface area contributed by atoms with Crippen LogP contribution in [-0.4, -0.2) is 45.6 Å². The number of fused-ring (bicyclic) bond motifs is 1. The molecule has 1 N–H and O–H groups in total. The third-order valence-electron chi connectivity index (χ3n) is 6.16. The molecular weight excluding hydrogens is 440 g/mol. The second kappa shape index (κ2) is 8.92. The Kier molecular flexibility index (Phi) is 5.82. The van der Waals surface area contributed by atoms with E-state index in [-0.39, 0.29) is 23.6 Å². The predicted octanol–water partition coefficient (Wildman–Crippen LogP) is 4.02. The van der Waals surface area contributed by atoms with Crippen LogP contribution in [0.2, 0.25) is 0 Å². The van der Waals surface area contributed by atoms with Crippen molar-refractivity contribution >= 4 is 34.2 Å². The van der Waals surface area contributed by atoms with Gasteiger partial charge in [-0.2, -0.15) is 0 Å². The summed E-state index contributed by atoms with van der Waals surface area (Å²) in [5, 5.41) is 5.29. The smallest absolute Gasteiger partial charge is 0.261 e. The fourth-order valence-electron chi connectivity index (χ4n) is 4.19. The first-order chi connectivity index (χ1) is 16.0. The van der Waals surface area contributed by atoms with E-state index in [1.54, 1.807) is 18.2 Å². The number of furan rings is 1. The molecule has 8 nitrogen and oxygen atoms in total. The first kappa shape index (κ1) is 21.5. The molecule has 0 unspecified atom stereocenters. The number of hydrogen-bond acceptors (Lipinski definition) is 7. The highest BCUT2D eigenvalue weighted by molar-refractivity contribution is 7.14. The van der Waals surface area contributed by atoms with Crippen LogP contribution in [0.3, 0.4) is 0 Å². The summed E-state index contributed by atoms with van der Waals surface area (Å²) in [6.45, 7) is 5.25. The number of carbonyl (C=O) groups excluding carboxylic acids is 3. The molecule has 5 rings (SSSR count). The van der Waals surface area contributed by atoms with Crippen LogP contribution in [0.4, 0.5) is 5.13 Å². The van der Waals surface area contributed by atoms with Gasteiger partial charge in [0.25, 0.3) is 17.7 Å². The van der Waals surface area contributed by atoms with Crippen molar-refractivity contribution in [2.75, 3.05) is 18.4 Å². The van der Waals surface area contributed by atoms with Gasteiger partial charge in [-0.3, -0.25) is 29.5 Å². The third kappa shape index (κ3) is 4.46. The van der Waals surface area contributed by atoms with E-state index in [0.29, 0.717) is 16.5 Å². The van der Waals surface area contributed by atoms with Crippen molar-refractivity contribution in [2.45, 2.75) is 32.9 Å². The minimum absolute atomic E-state index is 0.0543. The largest absolute Gasteiger partial charge is 0.467 e. The number of rotatable bonds is 6. The van der Waals surface area contributed by atoms with Crippen LogP contribution in [0, 0.1) is 5.92 Å². The van der Waals surface area contributed by atoms with E-state index in [1.807, 2.05) is 5.38 Å². The number of nitrogens with one attached hydrogen (secondary N) is 1. The Hall–Kier alpha value is -3.30. The van der Waals surface area contributed by atoms with E-state index >= 15 is 0 Å². The molecule has 0 saturated carbocycles. The molecule has 1 saturated heterocycles. The first-order valence-electron chi connectivity index (χ1n) is 11.0. The number of imide groups is 1. The molecule has 4 heterocycles. The zero-order valence-corrected chi connectivity index (χ0v) is 19.1. The molecular formula is C24H24N4O4S. The number of thiazole rings is 1. The van der Waals surface area contributed by atoms with E-state index < -0.39 is 11.8 Å². The standard InChI is InChI=1S/C24H24N4O4S/c1-15-6-8-27(9-7-15)12-17-14-33-24(25-17)26-21(29)16-4-5-19-20(11-16)23(31)28(22(19)30)13-18-3-2-10-32-18/h2-5,10-11,14-15H,6-9,12-13H2,1H3,(H,25,26,29). The number of hydrogen-bond donors (Lipinski definition) is 1. The second-order valence-corrected chi connectivity index (χ2v) is 9.45. The predicted molar refractivity (Wildman–Crippen MR) is 123 cm³/mol. The lowest BCUT2D eigenvalue weighted by Gasteiger charge is -2.29. The quantitative estimate of drug-likeness (QED) is 0.554. The maximum Gasteiger partial charge on any atom is 0.261 e. The summed E-state index contributed by atoms with van der Waals surface area (Å²) < 4.78 is 5.25. The van der Waals surface area contributed by atoms with Gasteiger partial charge in [0.1, 0.15) is 5.76 Å². The minimum Gasteiger partial charge on any atom is -0.467 e. The molecule has 2 aliphatic heterocycles. The highest BCUT2D eigenvalue weighted by atomic mass is 32.1. The van der Waals surface area contributed by atoms with Crippen LogP contribution in [0.25, 0.3) is 0 Å². The van der Waals surface area contributed by atoms with Crippen LogP contribution >= 0.6 is 11.3 Å². The van der Waals surface area contributed by atoms with Gasteiger partial charge < -0.3 is 4.42 Å². The number of nitrogens with zero attached hydrogens (tertiary/aromatic N) is 3. The van der Waals surface area contributed by atoms with Crippen LogP contribution < -0.4 is 5.32 Å². The number of carbonyl (C=O) groups is 3. The Balaban J connectivity index is 1.25. The molecule has 1 aromatic carbocycles. The Morgan fingerprint density at radius 2 is 1.94 bits per heavy atom. The van der Waals surface area contributed by atoms with Crippen molar-refractivity contribution in [3.63, 3.8) is 0 Å². The molecule has 0 spiro atoms. The number of anilines is 1. The van der Waals surface area contributed by atoms with Gasteiger partial charge in [0, 0.05) is 17.5 Å². The van der Waals surface area contributed by atoms with Gasteiger partial charge in [-0.15, -0.1) is 11.3 Å². The average Bonchev–Trinajstić information content (AvgIpc) is 3.54. The summed E-state index contributed by atoms with van der Waals surface area (Å²) in [7, 11) is 0. The van der Waals surface area contributed by atoms with Crippen molar-refractivity contribution in [3.05, 3.63) is 70.1 Å². The van der Waals surface area contributed by atoms with Gasteiger partial charge in [-0.05, 0) is 62.2 Å². The number of aromatic nitrogens is 1. The fraction of sp³-hybridized carbons (Fsp3) is 0.333. The molecule has 3 aromatic rings. The second-order valence-electron chi connectivity index (χ2n) is 8.59. The van der Waals surface area contributed by atoms with Gasteiger partial charge in [-0.25, -0.2) is 4.98 Å². The molecule has 170 valence electrons. The zero-order chi connectivity index (χ0) is 22.9. The summed E-state index contributed by atoms with van der Waals surface area (Å²) in [5.74, 6) is 0.0954. The molecule has 0 aliphatic carbocycles. The topological polar surface area (TPSA) is 95.8 Å². The third-order valence-corrected chi connectivity index (χ3v) is 6.97. The number of piperidine rings is 1. The SMILES string of the molecule is CC1CCN(Cc2csc(NC(=O)c3ccc4c(c3)C(=O)N(Cc3ccco3)C4=O)n2)CC1. The van der Waals surface area contributed by atoms with Crippen molar-refractivity contribution < 1.29 is 18.8 Å². The molecule has 0 bridgehead atoms. The first-order valence-corrected chi connectivity index (χ1v) is 11.9. The summed E-state index contributed by atoms with van der Waals surface area (Å²) in [6.07, 6.45) is 3.89. The molecule has 2 aliphatic rings. The average molecular weight is 465 g/mol. The van der Waals surface area contributed by atoms with E-state index in [4.69, 9.17) is 4.42 Å². The van der Waals surface area contributed by atoms with Crippen molar-refractivity contribution in [3.8, 4) is 0 Å². The van der Waals surface area contributed by atoms with Crippen LogP contribution in [0.15, 0.2) is 46.4 Å². The Labute approximate surface area is 195 Å². The van der Waals surface area contributed by atoms with E-state index in [2.05, 4.69) is 22.1 Å². The zero-order valence-electron chi connectivity index (χ0n) is 18.2. The molecule has 2 aromatic heterocycles. The normalized spacial score (nSPS) is 16.9. The van der Waals surface area contributed by atoms with Crippen LogP contribution in [0.5, 0.6) is 0 Å². The Morgan fingerprint density at radius 3 is 2.70 bits per heavy atom. The molecule has 3 amide bonds. The molecule has 0 radical (unpaired) electrons. The van der Waals surface area contributed by atoms with Gasteiger partial charge in [0.15, 0.2) is 5.13 Å². The molecule has 0 atom stereocenters. The van der Waals surface area contributed by atoms with E-state index in [0.717, 1.165) is 36.1 Å². The van der Waals surface area contributed by atoms with Gasteiger partial charge in [-0.1, -0.05) is 6.92 Å². The number of likely N-dealkylation sites (tertiary alicyclic amines) is 1. The maximum absolute atomic E-state index is 12.8. The van der Waals surface area contributed by atoms with Gasteiger partial charge in [0.2, 0.25) is 0 Å². The highest BCUT2D eigenvalue weighted by Gasteiger charge is 2.36. The minimum atomic E-state index is -0.437. The van der Waals surface area contributed by atoms with Crippen molar-refractivity contribution in [2.24, 2.45) is 5.92 Å². The molecule has 9 heteroatoms. The maximum atomic E-state index is 12.8.